The van der Waals surface area contributed by atoms with Gasteiger partial charge < -0.3 is 10.1 Å². The van der Waals surface area contributed by atoms with E-state index in [-0.39, 0.29) is 11.9 Å². The van der Waals surface area contributed by atoms with Crippen LogP contribution in [0.25, 0.3) is 0 Å². The Morgan fingerprint density at radius 2 is 2.26 bits per heavy atom. The molecule has 106 valence electrons. The van der Waals surface area contributed by atoms with Crippen molar-refractivity contribution in [3.8, 4) is 5.75 Å². The molecule has 1 N–H and O–H groups in total. The molecule has 0 aliphatic carbocycles. The van der Waals surface area contributed by atoms with Crippen molar-refractivity contribution in [1.29, 1.82) is 0 Å². The first-order chi connectivity index (χ1) is 9.06. The Hall–Kier alpha value is -1.16. The van der Waals surface area contributed by atoms with Crippen LogP contribution in [0.2, 0.25) is 0 Å². The second-order valence-corrected chi connectivity index (χ2v) is 5.78. The van der Waals surface area contributed by atoms with E-state index >= 15 is 0 Å². The summed E-state index contributed by atoms with van der Waals surface area (Å²) < 4.78 is 19.7. The van der Waals surface area contributed by atoms with E-state index in [0.717, 1.165) is 25.9 Å². The Balaban J connectivity index is 2.09. The fraction of sp³-hybridized carbons (Fsp3) is 0.667. The van der Waals surface area contributed by atoms with E-state index in [4.69, 9.17) is 4.74 Å². The van der Waals surface area contributed by atoms with E-state index < -0.39 is 5.95 Å². The van der Waals surface area contributed by atoms with E-state index in [9.17, 15) is 4.39 Å². The van der Waals surface area contributed by atoms with Gasteiger partial charge in [-0.3, -0.25) is 0 Å². The smallest absolute Gasteiger partial charge is 0.255 e. The number of aromatic nitrogens is 1. The van der Waals surface area contributed by atoms with Crippen molar-refractivity contribution in [2.24, 2.45) is 11.8 Å². The van der Waals surface area contributed by atoms with Gasteiger partial charge in [0.05, 0.1) is 0 Å². The molecule has 1 saturated heterocycles. The topological polar surface area (TPSA) is 34.1 Å². The molecule has 1 aromatic heterocycles. The molecule has 0 aromatic carbocycles. The Bertz CT molecular complexity index is 417. The lowest BCUT2D eigenvalue weighted by atomic mass is 9.93. The largest absolute Gasteiger partial charge is 0.485 e. The number of halogens is 1. The third-order valence-corrected chi connectivity index (χ3v) is 3.56. The number of rotatable bonds is 5. The monoisotopic (exact) mass is 266 g/mol. The minimum Gasteiger partial charge on any atom is -0.485 e. The number of aryl methyl sites for hydroxylation is 1. The SMILES string of the molecule is Cc1ccc(OC(CC(C)C)[C@H]2CCNC2)c(F)n1. The van der Waals surface area contributed by atoms with E-state index in [1.165, 1.54) is 0 Å². The maximum absolute atomic E-state index is 13.8. The van der Waals surface area contributed by atoms with Crippen molar-refractivity contribution in [3.63, 3.8) is 0 Å². The molecule has 1 unspecified atom stereocenters. The first-order valence-electron chi connectivity index (χ1n) is 7.06. The second-order valence-electron chi connectivity index (χ2n) is 5.78. The van der Waals surface area contributed by atoms with Gasteiger partial charge in [0.2, 0.25) is 0 Å². The molecule has 2 atom stereocenters. The molecule has 19 heavy (non-hydrogen) atoms. The zero-order valence-corrected chi connectivity index (χ0v) is 11.9. The maximum Gasteiger partial charge on any atom is 0.255 e. The lowest BCUT2D eigenvalue weighted by Crippen LogP contribution is -2.30. The molecular weight excluding hydrogens is 243 g/mol. The number of nitrogens with zero attached hydrogens (tertiary/aromatic N) is 1. The van der Waals surface area contributed by atoms with E-state index in [0.29, 0.717) is 17.5 Å². The summed E-state index contributed by atoms with van der Waals surface area (Å²) in [4.78, 5) is 3.83. The van der Waals surface area contributed by atoms with Gasteiger partial charge >= 0.3 is 0 Å². The van der Waals surface area contributed by atoms with E-state index in [1.54, 1.807) is 19.1 Å². The van der Waals surface area contributed by atoms with Crippen LogP contribution >= 0.6 is 0 Å². The van der Waals surface area contributed by atoms with Crippen LogP contribution in [0, 0.1) is 24.7 Å². The third-order valence-electron chi connectivity index (χ3n) is 3.56. The first-order valence-corrected chi connectivity index (χ1v) is 7.06. The predicted octanol–water partition coefficient (Wildman–Crippen LogP) is 2.93. The molecule has 4 heteroatoms. The molecule has 0 radical (unpaired) electrons. The second kappa shape index (κ2) is 6.33. The van der Waals surface area contributed by atoms with Crippen LogP contribution in [0.5, 0.6) is 5.75 Å². The summed E-state index contributed by atoms with van der Waals surface area (Å²) in [6.07, 6.45) is 2.10. The highest BCUT2D eigenvalue weighted by Gasteiger charge is 2.28. The summed E-state index contributed by atoms with van der Waals surface area (Å²) in [6, 6.07) is 3.48. The number of hydrogen-bond donors (Lipinski definition) is 1. The molecular formula is C15H23FN2O. The summed E-state index contributed by atoms with van der Waals surface area (Å²) in [7, 11) is 0. The Labute approximate surface area is 114 Å². The number of pyridine rings is 1. The van der Waals surface area contributed by atoms with Gasteiger partial charge in [0, 0.05) is 18.2 Å². The van der Waals surface area contributed by atoms with E-state index in [1.807, 2.05) is 0 Å². The number of nitrogens with one attached hydrogen (secondary N) is 1. The van der Waals surface area contributed by atoms with Crippen LogP contribution < -0.4 is 10.1 Å². The minimum absolute atomic E-state index is 0.0639. The van der Waals surface area contributed by atoms with Crippen LogP contribution in [0.15, 0.2) is 12.1 Å². The Morgan fingerprint density at radius 3 is 2.84 bits per heavy atom. The molecule has 3 nitrogen and oxygen atoms in total. The fourth-order valence-electron chi connectivity index (χ4n) is 2.56. The molecule has 1 aliphatic heterocycles. The standard InChI is InChI=1S/C15H23FN2O/c1-10(2)8-14(12-6-7-17-9-12)19-13-5-4-11(3)18-15(13)16/h4-5,10,12,14,17H,6-9H2,1-3H3/t12-,14?/m0/s1. The maximum atomic E-state index is 13.8. The molecule has 1 aliphatic rings. The quantitative estimate of drug-likeness (QED) is 0.832. The summed E-state index contributed by atoms with van der Waals surface area (Å²) in [5.41, 5.74) is 0.674. The summed E-state index contributed by atoms with van der Waals surface area (Å²) in [5.74, 6) is 0.776. The van der Waals surface area contributed by atoms with Crippen molar-refractivity contribution in [2.45, 2.75) is 39.7 Å². The van der Waals surface area contributed by atoms with Crippen molar-refractivity contribution < 1.29 is 9.13 Å². The normalized spacial score (nSPS) is 20.8. The van der Waals surface area contributed by atoms with Gasteiger partial charge in [0.1, 0.15) is 6.10 Å². The summed E-state index contributed by atoms with van der Waals surface area (Å²) >= 11 is 0. The van der Waals surface area contributed by atoms with Crippen molar-refractivity contribution in [1.82, 2.24) is 10.3 Å². The number of ether oxygens (including phenoxy) is 1. The van der Waals surface area contributed by atoms with Gasteiger partial charge in [-0.1, -0.05) is 13.8 Å². The summed E-state index contributed by atoms with van der Waals surface area (Å²) in [5, 5.41) is 3.35. The Kier molecular flexibility index (Phi) is 4.75. The Morgan fingerprint density at radius 1 is 1.47 bits per heavy atom. The van der Waals surface area contributed by atoms with Gasteiger partial charge in [0.15, 0.2) is 5.75 Å². The lowest BCUT2D eigenvalue weighted by molar-refractivity contribution is 0.113. The third kappa shape index (κ3) is 3.90. The van der Waals surface area contributed by atoms with Gasteiger partial charge in [-0.15, -0.1) is 0 Å². The minimum atomic E-state index is -0.500. The van der Waals surface area contributed by atoms with Crippen molar-refractivity contribution in [3.05, 3.63) is 23.8 Å². The highest BCUT2D eigenvalue weighted by atomic mass is 19.1. The first kappa shape index (κ1) is 14.3. The number of hydrogen-bond acceptors (Lipinski definition) is 3. The molecule has 1 fully saturated rings. The predicted molar refractivity (Wildman–Crippen MR) is 73.8 cm³/mol. The zero-order valence-electron chi connectivity index (χ0n) is 11.9. The summed E-state index contributed by atoms with van der Waals surface area (Å²) in [6.45, 7) is 8.10. The van der Waals surface area contributed by atoms with Gasteiger partial charge in [-0.25, -0.2) is 4.98 Å². The molecule has 0 saturated carbocycles. The molecule has 0 bridgehead atoms. The van der Waals surface area contributed by atoms with Gasteiger partial charge in [-0.05, 0) is 44.4 Å². The molecule has 1 aromatic rings. The molecule has 0 spiro atoms. The van der Waals surface area contributed by atoms with Crippen molar-refractivity contribution >= 4 is 0 Å². The van der Waals surface area contributed by atoms with Crippen molar-refractivity contribution in [2.75, 3.05) is 13.1 Å². The highest BCUT2D eigenvalue weighted by molar-refractivity contribution is 5.21. The lowest BCUT2D eigenvalue weighted by Gasteiger charge is -2.26. The average molecular weight is 266 g/mol. The van der Waals surface area contributed by atoms with Crippen LogP contribution in [0.3, 0.4) is 0 Å². The van der Waals surface area contributed by atoms with E-state index in [2.05, 4.69) is 24.1 Å². The molecule has 0 amide bonds. The molecule has 2 heterocycles. The average Bonchev–Trinajstić information content (AvgIpc) is 2.84. The fourth-order valence-corrected chi connectivity index (χ4v) is 2.56. The van der Waals surface area contributed by atoms with Crippen LogP contribution in [0.1, 0.15) is 32.4 Å². The van der Waals surface area contributed by atoms with Gasteiger partial charge in [-0.2, -0.15) is 4.39 Å². The van der Waals surface area contributed by atoms with Crippen LogP contribution in [-0.4, -0.2) is 24.2 Å². The highest BCUT2D eigenvalue weighted by Crippen LogP contribution is 2.26. The van der Waals surface area contributed by atoms with Crippen LogP contribution in [0.4, 0.5) is 4.39 Å². The van der Waals surface area contributed by atoms with Gasteiger partial charge in [0.25, 0.3) is 5.95 Å². The van der Waals surface area contributed by atoms with Crippen LogP contribution in [-0.2, 0) is 0 Å². The molecule has 2 rings (SSSR count). The zero-order chi connectivity index (χ0) is 13.8.